The van der Waals surface area contributed by atoms with Gasteiger partial charge < -0.3 is 10.1 Å². The van der Waals surface area contributed by atoms with Crippen LogP contribution in [0.4, 0.5) is 5.69 Å². The maximum atomic E-state index is 12.8. The number of fused-ring (bicyclic) bond motifs is 1. The Morgan fingerprint density at radius 3 is 2.57 bits per heavy atom. The Bertz CT molecular complexity index is 1030. The van der Waals surface area contributed by atoms with Crippen molar-refractivity contribution in [2.75, 3.05) is 5.32 Å². The number of benzene rings is 3. The van der Waals surface area contributed by atoms with Gasteiger partial charge in [-0.3, -0.25) is 4.79 Å². The molecular formula is C24H21NO3. The van der Waals surface area contributed by atoms with Gasteiger partial charge in [0.05, 0.1) is 5.56 Å². The molecule has 1 amide bonds. The number of aryl methyl sites for hydroxylation is 1. The van der Waals surface area contributed by atoms with E-state index in [2.05, 4.69) is 12.2 Å². The molecule has 1 aliphatic heterocycles. The maximum absolute atomic E-state index is 12.8. The van der Waals surface area contributed by atoms with E-state index in [9.17, 15) is 9.59 Å². The second-order valence-corrected chi connectivity index (χ2v) is 6.85. The molecule has 0 fully saturated rings. The number of carbonyl (C=O) groups is 2. The summed E-state index contributed by atoms with van der Waals surface area (Å²) in [5, 5.41) is 2.98. The van der Waals surface area contributed by atoms with Gasteiger partial charge in [0.1, 0.15) is 6.10 Å². The number of para-hydroxylation sites is 1. The summed E-state index contributed by atoms with van der Waals surface area (Å²) >= 11 is 0. The summed E-state index contributed by atoms with van der Waals surface area (Å²) in [4.78, 5) is 25.2. The number of amides is 1. The molecular weight excluding hydrogens is 350 g/mol. The monoisotopic (exact) mass is 371 g/mol. The quantitative estimate of drug-likeness (QED) is 0.660. The molecule has 0 saturated heterocycles. The van der Waals surface area contributed by atoms with E-state index in [1.165, 1.54) is 0 Å². The predicted octanol–water partition coefficient (Wildman–Crippen LogP) is 4.96. The number of nitrogens with one attached hydrogen (secondary N) is 1. The first kappa shape index (κ1) is 18.0. The zero-order chi connectivity index (χ0) is 19.5. The van der Waals surface area contributed by atoms with E-state index in [0.717, 1.165) is 28.8 Å². The van der Waals surface area contributed by atoms with Gasteiger partial charge in [-0.15, -0.1) is 0 Å². The number of rotatable bonds is 4. The first-order valence-electron chi connectivity index (χ1n) is 9.44. The van der Waals surface area contributed by atoms with Crippen molar-refractivity contribution < 1.29 is 14.3 Å². The topological polar surface area (TPSA) is 55.4 Å². The van der Waals surface area contributed by atoms with E-state index >= 15 is 0 Å². The van der Waals surface area contributed by atoms with Crippen molar-refractivity contribution in [1.29, 1.82) is 0 Å². The molecule has 4 nitrogen and oxygen atoms in total. The fraction of sp³-hybridized carbons (Fsp3) is 0.167. The van der Waals surface area contributed by atoms with Crippen molar-refractivity contribution in [2.24, 2.45) is 0 Å². The largest absolute Gasteiger partial charge is 0.454 e. The summed E-state index contributed by atoms with van der Waals surface area (Å²) in [6.45, 7) is 2.05. The fourth-order valence-electron chi connectivity index (χ4n) is 3.54. The van der Waals surface area contributed by atoms with Crippen molar-refractivity contribution in [1.82, 2.24) is 0 Å². The second-order valence-electron chi connectivity index (χ2n) is 6.85. The zero-order valence-corrected chi connectivity index (χ0v) is 15.6. The van der Waals surface area contributed by atoms with Gasteiger partial charge in [0.25, 0.3) is 5.91 Å². The molecule has 1 atom stereocenters. The lowest BCUT2D eigenvalue weighted by molar-refractivity contribution is 0.0252. The van der Waals surface area contributed by atoms with Crippen LogP contribution in [0.2, 0.25) is 0 Å². The van der Waals surface area contributed by atoms with Crippen molar-refractivity contribution in [3.63, 3.8) is 0 Å². The summed E-state index contributed by atoms with van der Waals surface area (Å²) in [7, 11) is 0. The Morgan fingerprint density at radius 2 is 1.79 bits per heavy atom. The molecule has 0 spiro atoms. The maximum Gasteiger partial charge on any atom is 0.339 e. The smallest absolute Gasteiger partial charge is 0.339 e. The van der Waals surface area contributed by atoms with Gasteiger partial charge in [0, 0.05) is 17.7 Å². The number of hydrogen-bond donors (Lipinski definition) is 1. The third kappa shape index (κ3) is 3.54. The minimum absolute atomic E-state index is 0.182. The predicted molar refractivity (Wildman–Crippen MR) is 109 cm³/mol. The molecule has 0 aliphatic carbocycles. The van der Waals surface area contributed by atoms with Crippen LogP contribution in [-0.2, 0) is 17.6 Å². The zero-order valence-electron chi connectivity index (χ0n) is 15.6. The summed E-state index contributed by atoms with van der Waals surface area (Å²) in [5.74, 6) is -0.530. The molecule has 28 heavy (non-hydrogen) atoms. The minimum atomic E-state index is -0.349. The lowest BCUT2D eigenvalue weighted by Crippen LogP contribution is -2.23. The Hall–Kier alpha value is -3.40. The summed E-state index contributed by atoms with van der Waals surface area (Å²) in [6, 6.07) is 22.6. The van der Waals surface area contributed by atoms with Gasteiger partial charge in [-0.1, -0.05) is 55.5 Å². The molecule has 0 saturated carbocycles. The average Bonchev–Trinajstić information content (AvgIpc) is 2.74. The van der Waals surface area contributed by atoms with Crippen LogP contribution in [0.15, 0.2) is 72.8 Å². The summed E-state index contributed by atoms with van der Waals surface area (Å²) in [5.41, 5.74) is 4.74. The van der Waals surface area contributed by atoms with E-state index in [4.69, 9.17) is 4.74 Å². The molecule has 1 aliphatic rings. The second kappa shape index (κ2) is 7.69. The van der Waals surface area contributed by atoms with E-state index in [0.29, 0.717) is 17.5 Å². The standard InChI is InChI=1S/C24H21NO3/c1-2-16-8-6-7-11-21(16)25-23(26)18-12-13-20-19(14-18)15-22(28-24(20)27)17-9-4-3-5-10-17/h3-14,22H,2,15H2,1H3,(H,25,26). The highest BCUT2D eigenvalue weighted by molar-refractivity contribution is 6.05. The Morgan fingerprint density at radius 1 is 1.04 bits per heavy atom. The molecule has 3 aromatic rings. The number of hydrogen-bond acceptors (Lipinski definition) is 3. The van der Waals surface area contributed by atoms with Gasteiger partial charge in [-0.05, 0) is 47.4 Å². The number of esters is 1. The third-order valence-corrected chi connectivity index (χ3v) is 5.06. The van der Waals surface area contributed by atoms with Crippen LogP contribution in [-0.4, -0.2) is 11.9 Å². The van der Waals surface area contributed by atoms with Crippen molar-refractivity contribution in [2.45, 2.75) is 25.9 Å². The van der Waals surface area contributed by atoms with Crippen molar-refractivity contribution >= 4 is 17.6 Å². The van der Waals surface area contributed by atoms with Gasteiger partial charge in [0.2, 0.25) is 0 Å². The first-order chi connectivity index (χ1) is 13.7. The molecule has 1 unspecified atom stereocenters. The fourth-order valence-corrected chi connectivity index (χ4v) is 3.54. The molecule has 4 rings (SSSR count). The van der Waals surface area contributed by atoms with Gasteiger partial charge in [-0.2, -0.15) is 0 Å². The number of cyclic esters (lactones) is 1. The van der Waals surface area contributed by atoms with Crippen LogP contribution in [0.3, 0.4) is 0 Å². The van der Waals surface area contributed by atoms with Crippen LogP contribution < -0.4 is 5.32 Å². The van der Waals surface area contributed by atoms with E-state index in [-0.39, 0.29) is 18.0 Å². The number of anilines is 1. The third-order valence-electron chi connectivity index (χ3n) is 5.06. The molecule has 3 aromatic carbocycles. The lowest BCUT2D eigenvalue weighted by Gasteiger charge is -2.25. The van der Waals surface area contributed by atoms with Crippen LogP contribution in [0.5, 0.6) is 0 Å². The minimum Gasteiger partial charge on any atom is -0.454 e. The Labute approximate surface area is 164 Å². The molecule has 0 bridgehead atoms. The molecule has 4 heteroatoms. The Kier molecular flexibility index (Phi) is 4.94. The van der Waals surface area contributed by atoms with Crippen molar-refractivity contribution in [3.05, 3.63) is 101 Å². The molecule has 0 aromatic heterocycles. The number of carbonyl (C=O) groups excluding carboxylic acids is 2. The average molecular weight is 371 g/mol. The summed E-state index contributed by atoms with van der Waals surface area (Å²) < 4.78 is 5.59. The van der Waals surface area contributed by atoms with Gasteiger partial charge in [-0.25, -0.2) is 4.79 Å². The molecule has 140 valence electrons. The van der Waals surface area contributed by atoms with Crippen LogP contribution in [0.25, 0.3) is 0 Å². The van der Waals surface area contributed by atoms with Crippen LogP contribution in [0.1, 0.15) is 50.4 Å². The van der Waals surface area contributed by atoms with Gasteiger partial charge in [0.15, 0.2) is 0 Å². The molecule has 0 radical (unpaired) electrons. The lowest BCUT2D eigenvalue weighted by atomic mass is 9.93. The van der Waals surface area contributed by atoms with E-state index in [1.54, 1.807) is 18.2 Å². The highest BCUT2D eigenvalue weighted by Gasteiger charge is 2.28. The van der Waals surface area contributed by atoms with Crippen molar-refractivity contribution in [3.8, 4) is 0 Å². The normalized spacial score (nSPS) is 15.5. The summed E-state index contributed by atoms with van der Waals surface area (Å²) in [6.07, 6.45) is 1.06. The van der Waals surface area contributed by atoms with Crippen LogP contribution in [0, 0.1) is 0 Å². The SMILES string of the molecule is CCc1ccccc1NC(=O)c1ccc2c(c1)CC(c1ccccc1)OC2=O. The van der Waals surface area contributed by atoms with E-state index in [1.807, 2.05) is 54.6 Å². The molecule has 1 N–H and O–H groups in total. The highest BCUT2D eigenvalue weighted by Crippen LogP contribution is 2.31. The van der Waals surface area contributed by atoms with Crippen LogP contribution >= 0.6 is 0 Å². The van der Waals surface area contributed by atoms with E-state index < -0.39 is 0 Å². The molecule has 1 heterocycles. The number of ether oxygens (including phenoxy) is 1. The highest BCUT2D eigenvalue weighted by atomic mass is 16.5. The Balaban J connectivity index is 1.60. The van der Waals surface area contributed by atoms with Gasteiger partial charge >= 0.3 is 5.97 Å². The first-order valence-corrected chi connectivity index (χ1v) is 9.44.